The van der Waals surface area contributed by atoms with Gasteiger partial charge in [-0.15, -0.1) is 0 Å². The van der Waals surface area contributed by atoms with Crippen molar-refractivity contribution in [2.45, 2.75) is 13.3 Å². The topological polar surface area (TPSA) is 59.6 Å². The van der Waals surface area contributed by atoms with E-state index in [1.807, 2.05) is 48.5 Å². The number of benzene rings is 2. The molecular weight excluding hydrogens is 292 g/mol. The maximum absolute atomic E-state index is 12.0. The molecule has 5 nitrogen and oxygen atoms in total. The van der Waals surface area contributed by atoms with Crippen molar-refractivity contribution in [3.8, 4) is 11.5 Å². The van der Waals surface area contributed by atoms with E-state index in [2.05, 4.69) is 17.6 Å². The fourth-order valence-electron chi connectivity index (χ4n) is 1.97. The van der Waals surface area contributed by atoms with Gasteiger partial charge in [-0.1, -0.05) is 13.0 Å². The quantitative estimate of drug-likeness (QED) is 0.782. The van der Waals surface area contributed by atoms with Gasteiger partial charge in [-0.05, 0) is 42.8 Å². The van der Waals surface area contributed by atoms with Crippen LogP contribution in [0.25, 0.3) is 0 Å². The molecule has 2 rings (SSSR count). The summed E-state index contributed by atoms with van der Waals surface area (Å²) in [5.41, 5.74) is 1.58. The number of rotatable bonds is 8. The van der Waals surface area contributed by atoms with Crippen molar-refractivity contribution in [3.05, 3.63) is 48.5 Å². The molecule has 0 heterocycles. The molecule has 0 atom stereocenters. The van der Waals surface area contributed by atoms with Gasteiger partial charge in [0, 0.05) is 17.4 Å². The van der Waals surface area contributed by atoms with Crippen molar-refractivity contribution in [2.75, 3.05) is 30.9 Å². The van der Waals surface area contributed by atoms with Gasteiger partial charge in [-0.3, -0.25) is 4.79 Å². The monoisotopic (exact) mass is 314 g/mol. The number of nitrogens with one attached hydrogen (secondary N) is 2. The van der Waals surface area contributed by atoms with Gasteiger partial charge in [0.1, 0.15) is 11.5 Å². The zero-order chi connectivity index (χ0) is 16.5. The Balaban J connectivity index is 1.82. The molecule has 2 aromatic rings. The molecule has 23 heavy (non-hydrogen) atoms. The zero-order valence-corrected chi connectivity index (χ0v) is 13.5. The Morgan fingerprint density at radius 1 is 1.04 bits per heavy atom. The molecule has 0 fully saturated rings. The first-order chi connectivity index (χ1) is 11.2. The lowest BCUT2D eigenvalue weighted by Gasteiger charge is -2.10. The summed E-state index contributed by atoms with van der Waals surface area (Å²) in [6.45, 7) is 2.93. The molecule has 0 bridgehead atoms. The third kappa shape index (κ3) is 5.54. The fraction of sp³-hybridized carbons (Fsp3) is 0.278. The number of methoxy groups -OCH3 is 1. The maximum atomic E-state index is 12.0. The summed E-state index contributed by atoms with van der Waals surface area (Å²) in [6, 6.07) is 14.8. The van der Waals surface area contributed by atoms with Crippen LogP contribution in [-0.2, 0) is 4.79 Å². The predicted octanol–water partition coefficient (Wildman–Crippen LogP) is 3.53. The summed E-state index contributed by atoms with van der Waals surface area (Å²) in [5.74, 6) is 1.44. The van der Waals surface area contributed by atoms with Crippen LogP contribution in [0.2, 0.25) is 0 Å². The number of amides is 1. The number of hydrogen-bond acceptors (Lipinski definition) is 4. The molecule has 0 saturated carbocycles. The second-order valence-corrected chi connectivity index (χ2v) is 5.01. The lowest BCUT2D eigenvalue weighted by atomic mass is 10.3. The summed E-state index contributed by atoms with van der Waals surface area (Å²) in [4.78, 5) is 12.0. The molecule has 0 aliphatic heterocycles. The van der Waals surface area contributed by atoms with Crippen molar-refractivity contribution in [2.24, 2.45) is 0 Å². The Kier molecular flexibility index (Phi) is 6.29. The minimum Gasteiger partial charge on any atom is -0.497 e. The molecule has 122 valence electrons. The summed E-state index contributed by atoms with van der Waals surface area (Å²) in [5, 5.41) is 5.90. The average Bonchev–Trinajstić information content (AvgIpc) is 2.59. The van der Waals surface area contributed by atoms with E-state index >= 15 is 0 Å². The molecule has 0 radical (unpaired) electrons. The Bertz CT molecular complexity index is 626. The van der Waals surface area contributed by atoms with E-state index in [1.54, 1.807) is 7.11 Å². The van der Waals surface area contributed by atoms with E-state index in [9.17, 15) is 4.79 Å². The number of hydrogen-bond donors (Lipinski definition) is 2. The number of ether oxygens (including phenoxy) is 2. The Morgan fingerprint density at radius 2 is 1.83 bits per heavy atom. The summed E-state index contributed by atoms with van der Waals surface area (Å²) < 4.78 is 10.6. The van der Waals surface area contributed by atoms with Crippen LogP contribution in [0.15, 0.2) is 48.5 Å². The second kappa shape index (κ2) is 8.68. The highest BCUT2D eigenvalue weighted by atomic mass is 16.5. The van der Waals surface area contributed by atoms with E-state index in [4.69, 9.17) is 9.47 Å². The largest absolute Gasteiger partial charge is 0.497 e. The third-order valence-electron chi connectivity index (χ3n) is 3.13. The number of anilines is 2. The first kappa shape index (κ1) is 16.7. The minimum absolute atomic E-state index is 0.116. The highest BCUT2D eigenvalue weighted by molar-refractivity contribution is 5.93. The molecule has 0 aliphatic carbocycles. The van der Waals surface area contributed by atoms with Crippen molar-refractivity contribution >= 4 is 17.3 Å². The van der Waals surface area contributed by atoms with Crippen LogP contribution in [0.3, 0.4) is 0 Å². The summed E-state index contributed by atoms with van der Waals surface area (Å²) in [7, 11) is 1.61. The number of carbonyl (C=O) groups is 1. The maximum Gasteiger partial charge on any atom is 0.243 e. The van der Waals surface area contributed by atoms with Crippen LogP contribution in [-0.4, -0.2) is 26.2 Å². The van der Waals surface area contributed by atoms with Gasteiger partial charge in [0.05, 0.1) is 20.3 Å². The first-order valence-electron chi connectivity index (χ1n) is 7.62. The third-order valence-corrected chi connectivity index (χ3v) is 3.13. The van der Waals surface area contributed by atoms with Gasteiger partial charge in [-0.25, -0.2) is 0 Å². The Morgan fingerprint density at radius 3 is 2.52 bits per heavy atom. The highest BCUT2D eigenvalue weighted by Crippen LogP contribution is 2.17. The van der Waals surface area contributed by atoms with Gasteiger partial charge in [0.15, 0.2) is 0 Å². The molecular formula is C18H22N2O3. The molecule has 2 aromatic carbocycles. The molecule has 2 N–H and O–H groups in total. The van der Waals surface area contributed by atoms with Crippen LogP contribution >= 0.6 is 0 Å². The van der Waals surface area contributed by atoms with Crippen LogP contribution in [0.1, 0.15) is 13.3 Å². The lowest BCUT2D eigenvalue weighted by molar-refractivity contribution is -0.114. The lowest BCUT2D eigenvalue weighted by Crippen LogP contribution is -2.21. The molecule has 0 aliphatic rings. The van der Waals surface area contributed by atoms with Gasteiger partial charge in [-0.2, -0.15) is 0 Å². The molecule has 0 spiro atoms. The minimum atomic E-state index is -0.116. The Labute approximate surface area is 136 Å². The molecule has 1 amide bonds. The van der Waals surface area contributed by atoms with E-state index in [1.165, 1.54) is 0 Å². The summed E-state index contributed by atoms with van der Waals surface area (Å²) >= 11 is 0. The SMILES string of the molecule is CCCOc1ccc(NC(=O)CNc2cccc(OC)c2)cc1. The standard InChI is InChI=1S/C18H22N2O3/c1-3-11-23-16-9-7-14(8-10-16)20-18(21)13-19-15-5-4-6-17(12-15)22-2/h4-10,12,19H,3,11,13H2,1-2H3,(H,20,21). The van der Waals surface area contributed by atoms with Crippen LogP contribution in [0.5, 0.6) is 11.5 Å². The average molecular weight is 314 g/mol. The molecule has 0 aromatic heterocycles. The summed E-state index contributed by atoms with van der Waals surface area (Å²) in [6.07, 6.45) is 0.967. The van der Waals surface area contributed by atoms with Gasteiger partial charge < -0.3 is 20.1 Å². The van der Waals surface area contributed by atoms with Crippen LogP contribution < -0.4 is 20.1 Å². The van der Waals surface area contributed by atoms with Crippen LogP contribution in [0, 0.1) is 0 Å². The predicted molar refractivity (Wildman–Crippen MR) is 92.3 cm³/mol. The van der Waals surface area contributed by atoms with Gasteiger partial charge in [0.2, 0.25) is 5.91 Å². The van der Waals surface area contributed by atoms with Gasteiger partial charge >= 0.3 is 0 Å². The number of carbonyl (C=O) groups excluding carboxylic acids is 1. The van der Waals surface area contributed by atoms with E-state index in [-0.39, 0.29) is 12.5 Å². The highest BCUT2D eigenvalue weighted by Gasteiger charge is 2.03. The smallest absolute Gasteiger partial charge is 0.243 e. The second-order valence-electron chi connectivity index (χ2n) is 5.01. The zero-order valence-electron chi connectivity index (χ0n) is 13.5. The van der Waals surface area contributed by atoms with Crippen LogP contribution in [0.4, 0.5) is 11.4 Å². The van der Waals surface area contributed by atoms with E-state index in [0.29, 0.717) is 6.61 Å². The molecule has 0 saturated heterocycles. The van der Waals surface area contributed by atoms with Crippen molar-refractivity contribution in [1.82, 2.24) is 0 Å². The molecule has 0 unspecified atom stereocenters. The van der Waals surface area contributed by atoms with Crippen molar-refractivity contribution < 1.29 is 14.3 Å². The van der Waals surface area contributed by atoms with Crippen molar-refractivity contribution in [3.63, 3.8) is 0 Å². The normalized spacial score (nSPS) is 10.0. The first-order valence-corrected chi connectivity index (χ1v) is 7.62. The van der Waals surface area contributed by atoms with Crippen molar-refractivity contribution in [1.29, 1.82) is 0 Å². The van der Waals surface area contributed by atoms with Gasteiger partial charge in [0.25, 0.3) is 0 Å². The fourth-order valence-corrected chi connectivity index (χ4v) is 1.97. The molecule has 5 heteroatoms. The van der Waals surface area contributed by atoms with E-state index in [0.717, 1.165) is 29.3 Å². The van der Waals surface area contributed by atoms with E-state index < -0.39 is 0 Å². The Hall–Kier alpha value is -2.69.